The molecule has 0 spiro atoms. The molecule has 8 heteroatoms. The molecule has 0 aliphatic carbocycles. The van der Waals surface area contributed by atoms with Gasteiger partial charge in [-0.15, -0.1) is 0 Å². The number of rotatable bonds is 6. The smallest absolute Gasteiger partial charge is 0.312 e. The zero-order valence-electron chi connectivity index (χ0n) is 11.9. The van der Waals surface area contributed by atoms with Crippen molar-refractivity contribution in [2.75, 3.05) is 38.3 Å². The molecule has 0 bridgehead atoms. The third kappa shape index (κ3) is 4.75. The van der Waals surface area contributed by atoms with Gasteiger partial charge in [0.15, 0.2) is 9.84 Å². The molecule has 1 N–H and O–H groups in total. The van der Waals surface area contributed by atoms with Gasteiger partial charge in [-0.3, -0.25) is 9.59 Å². The molecule has 0 aromatic carbocycles. The minimum atomic E-state index is -3.08. The van der Waals surface area contributed by atoms with E-state index in [9.17, 15) is 18.0 Å². The van der Waals surface area contributed by atoms with Gasteiger partial charge in [0.1, 0.15) is 0 Å². The second-order valence-electron chi connectivity index (χ2n) is 4.75. The molecule has 7 nitrogen and oxygen atoms in total. The zero-order chi connectivity index (χ0) is 15.2. The summed E-state index contributed by atoms with van der Waals surface area (Å²) in [4.78, 5) is 25.1. The van der Waals surface area contributed by atoms with Gasteiger partial charge in [-0.2, -0.15) is 0 Å². The molecule has 0 saturated carbocycles. The quantitative estimate of drug-likeness (QED) is 0.511. The minimum Gasteiger partial charge on any atom is -0.385 e. The number of nitrogens with zero attached hydrogens (tertiary/aromatic N) is 1. The lowest BCUT2D eigenvalue weighted by Gasteiger charge is -2.26. The number of likely N-dealkylation sites (N-methyl/N-ethyl adjacent to an activating group) is 1. The fraction of sp³-hybridized carbons (Fsp3) is 0.833. The molecule has 20 heavy (non-hydrogen) atoms. The van der Waals surface area contributed by atoms with Gasteiger partial charge >= 0.3 is 11.8 Å². The summed E-state index contributed by atoms with van der Waals surface area (Å²) in [5.41, 5.74) is 0. The van der Waals surface area contributed by atoms with Crippen LogP contribution in [-0.4, -0.2) is 69.5 Å². The maximum Gasteiger partial charge on any atom is 0.312 e. The molecule has 116 valence electrons. The van der Waals surface area contributed by atoms with E-state index in [1.807, 2.05) is 0 Å². The van der Waals surface area contributed by atoms with E-state index in [1.54, 1.807) is 14.0 Å². The molecular weight excluding hydrogens is 284 g/mol. The zero-order valence-corrected chi connectivity index (χ0v) is 12.7. The van der Waals surface area contributed by atoms with E-state index in [2.05, 4.69) is 5.32 Å². The van der Waals surface area contributed by atoms with Crippen LogP contribution >= 0.6 is 0 Å². The first kappa shape index (κ1) is 16.9. The van der Waals surface area contributed by atoms with Crippen molar-refractivity contribution in [1.82, 2.24) is 10.2 Å². The average molecular weight is 306 g/mol. The molecule has 1 rings (SSSR count). The van der Waals surface area contributed by atoms with E-state index in [4.69, 9.17) is 4.74 Å². The van der Waals surface area contributed by atoms with Gasteiger partial charge in [0.2, 0.25) is 0 Å². The number of nitrogens with one attached hydrogen (secondary N) is 1. The SMILES string of the molecule is CCN(C(=O)C(=O)NCCCOC)C1CCS(=O)(=O)C1. The van der Waals surface area contributed by atoms with E-state index < -0.39 is 21.7 Å². The monoisotopic (exact) mass is 306 g/mol. The standard InChI is InChI=1S/C12H22N2O5S/c1-3-14(10-5-8-20(17,18)9-10)12(16)11(15)13-6-4-7-19-2/h10H,3-9H2,1-2H3,(H,13,15). The van der Waals surface area contributed by atoms with Crippen LogP contribution in [0.2, 0.25) is 0 Å². The molecule has 0 aromatic heterocycles. The second kappa shape index (κ2) is 7.58. The van der Waals surface area contributed by atoms with Gasteiger partial charge in [0, 0.05) is 32.8 Å². The number of sulfone groups is 1. The van der Waals surface area contributed by atoms with Gasteiger partial charge in [-0.25, -0.2) is 8.42 Å². The summed E-state index contributed by atoms with van der Waals surface area (Å²) >= 11 is 0. The Morgan fingerprint density at radius 1 is 1.40 bits per heavy atom. The summed E-state index contributed by atoms with van der Waals surface area (Å²) in [6.45, 7) is 2.93. The normalized spacial score (nSPS) is 20.6. The van der Waals surface area contributed by atoms with Crippen LogP contribution in [0, 0.1) is 0 Å². The summed E-state index contributed by atoms with van der Waals surface area (Å²) in [6, 6.07) is -0.387. The fourth-order valence-electron chi connectivity index (χ4n) is 2.21. The number of carbonyl (C=O) groups excluding carboxylic acids is 2. The molecular formula is C12H22N2O5S. The van der Waals surface area contributed by atoms with E-state index >= 15 is 0 Å². The highest BCUT2D eigenvalue weighted by molar-refractivity contribution is 7.91. The molecule has 1 heterocycles. The molecule has 1 aliphatic rings. The van der Waals surface area contributed by atoms with Gasteiger partial charge in [-0.05, 0) is 19.8 Å². The number of hydrogen-bond donors (Lipinski definition) is 1. The maximum atomic E-state index is 12.0. The van der Waals surface area contributed by atoms with Crippen LogP contribution in [0.25, 0.3) is 0 Å². The minimum absolute atomic E-state index is 0.0520. The van der Waals surface area contributed by atoms with E-state index in [0.29, 0.717) is 32.5 Å². The first-order valence-corrected chi connectivity index (χ1v) is 8.51. The van der Waals surface area contributed by atoms with Gasteiger partial charge in [-0.1, -0.05) is 0 Å². The summed E-state index contributed by atoms with van der Waals surface area (Å²) in [5, 5.41) is 2.52. The Balaban J connectivity index is 2.52. The van der Waals surface area contributed by atoms with Crippen molar-refractivity contribution >= 4 is 21.7 Å². The summed E-state index contributed by atoms with van der Waals surface area (Å²) in [7, 11) is -1.51. The number of methoxy groups -OCH3 is 1. The van der Waals surface area contributed by atoms with Crippen molar-refractivity contribution in [1.29, 1.82) is 0 Å². The first-order valence-electron chi connectivity index (χ1n) is 6.69. The summed E-state index contributed by atoms with van der Waals surface area (Å²) in [5.74, 6) is -1.32. The largest absolute Gasteiger partial charge is 0.385 e. The average Bonchev–Trinajstić information content (AvgIpc) is 2.75. The first-order chi connectivity index (χ1) is 9.41. The molecule has 0 radical (unpaired) electrons. The van der Waals surface area contributed by atoms with Crippen molar-refractivity contribution in [3.05, 3.63) is 0 Å². The van der Waals surface area contributed by atoms with Gasteiger partial charge in [0.25, 0.3) is 0 Å². The second-order valence-corrected chi connectivity index (χ2v) is 6.98. The number of amides is 2. The predicted molar refractivity (Wildman–Crippen MR) is 73.9 cm³/mol. The molecule has 0 aromatic rings. The molecule has 1 fully saturated rings. The fourth-order valence-corrected chi connectivity index (χ4v) is 3.94. The van der Waals surface area contributed by atoms with Crippen molar-refractivity contribution < 1.29 is 22.7 Å². The topological polar surface area (TPSA) is 92.8 Å². The Kier molecular flexibility index (Phi) is 6.41. The van der Waals surface area contributed by atoms with Crippen molar-refractivity contribution in [3.8, 4) is 0 Å². The van der Waals surface area contributed by atoms with E-state index in [-0.39, 0.29) is 17.5 Å². The summed E-state index contributed by atoms with van der Waals surface area (Å²) in [6.07, 6.45) is 1.03. The number of ether oxygens (including phenoxy) is 1. The van der Waals surface area contributed by atoms with Crippen molar-refractivity contribution in [3.63, 3.8) is 0 Å². The third-order valence-electron chi connectivity index (χ3n) is 3.26. The Morgan fingerprint density at radius 2 is 2.10 bits per heavy atom. The Hall–Kier alpha value is -1.15. The molecule has 1 atom stereocenters. The van der Waals surface area contributed by atoms with Gasteiger partial charge < -0.3 is 15.0 Å². The van der Waals surface area contributed by atoms with Crippen LogP contribution in [0.1, 0.15) is 19.8 Å². The van der Waals surface area contributed by atoms with Crippen molar-refractivity contribution in [2.45, 2.75) is 25.8 Å². The molecule has 1 unspecified atom stereocenters. The molecule has 1 aliphatic heterocycles. The predicted octanol–water partition coefficient (Wildman–Crippen LogP) is -0.825. The van der Waals surface area contributed by atoms with Crippen LogP contribution in [0.5, 0.6) is 0 Å². The van der Waals surface area contributed by atoms with Crippen LogP contribution in [0.4, 0.5) is 0 Å². The van der Waals surface area contributed by atoms with E-state index in [1.165, 1.54) is 4.90 Å². The van der Waals surface area contributed by atoms with E-state index in [0.717, 1.165) is 0 Å². The molecule has 2 amide bonds. The Bertz CT molecular complexity index is 449. The van der Waals surface area contributed by atoms with Gasteiger partial charge in [0.05, 0.1) is 11.5 Å². The Labute approximate surface area is 119 Å². The van der Waals surface area contributed by atoms with Crippen LogP contribution in [0.15, 0.2) is 0 Å². The van der Waals surface area contributed by atoms with Crippen LogP contribution in [0.3, 0.4) is 0 Å². The Morgan fingerprint density at radius 3 is 2.60 bits per heavy atom. The maximum absolute atomic E-state index is 12.0. The summed E-state index contributed by atoms with van der Waals surface area (Å²) < 4.78 is 27.7. The molecule has 1 saturated heterocycles. The number of carbonyl (C=O) groups is 2. The van der Waals surface area contributed by atoms with Crippen LogP contribution in [-0.2, 0) is 24.2 Å². The lowest BCUT2D eigenvalue weighted by atomic mass is 10.2. The van der Waals surface area contributed by atoms with Crippen molar-refractivity contribution in [2.24, 2.45) is 0 Å². The lowest BCUT2D eigenvalue weighted by molar-refractivity contribution is -0.147. The highest BCUT2D eigenvalue weighted by Crippen LogP contribution is 2.17. The highest BCUT2D eigenvalue weighted by Gasteiger charge is 2.35. The third-order valence-corrected chi connectivity index (χ3v) is 5.01. The lowest BCUT2D eigenvalue weighted by Crippen LogP contribution is -2.48. The van der Waals surface area contributed by atoms with Crippen LogP contribution < -0.4 is 5.32 Å². The highest BCUT2D eigenvalue weighted by atomic mass is 32.2. The number of hydrogen-bond acceptors (Lipinski definition) is 5.